The highest BCUT2D eigenvalue weighted by molar-refractivity contribution is 8.07. The van der Waals surface area contributed by atoms with E-state index in [0.29, 0.717) is 24.7 Å². The van der Waals surface area contributed by atoms with Gasteiger partial charge in [0.1, 0.15) is 12.1 Å². The summed E-state index contributed by atoms with van der Waals surface area (Å²) in [6.45, 7) is 5.05. The van der Waals surface area contributed by atoms with Crippen molar-refractivity contribution in [3.63, 3.8) is 0 Å². The average molecular weight is 318 g/mol. The maximum Gasteiger partial charge on any atom is 0.381 e. The lowest BCUT2D eigenvalue weighted by Gasteiger charge is -2.20. The minimum absolute atomic E-state index is 0.270. The fourth-order valence-corrected chi connectivity index (χ4v) is 3.39. The summed E-state index contributed by atoms with van der Waals surface area (Å²) < 4.78 is 16.4. The van der Waals surface area contributed by atoms with Gasteiger partial charge in [-0.25, -0.2) is 4.98 Å². The van der Waals surface area contributed by atoms with Gasteiger partial charge in [0.05, 0.1) is 19.1 Å². The number of hydrogen-bond acceptors (Lipinski definition) is 7. The van der Waals surface area contributed by atoms with E-state index in [0.717, 1.165) is 6.29 Å². The molecule has 6 nitrogen and oxygen atoms in total. The Hall–Kier alpha value is -0.880. The standard InChI is InChI=1S/C12H19N2O4PS/c1-5-16-19(20,17-6-2)18-11-7-10(4)13-12(14-11)9(3)8-15/h7-9H,5-6H2,1-4H3. The number of aryl methyl sites for hydroxylation is 1. The van der Waals surface area contributed by atoms with Crippen LogP contribution in [-0.2, 0) is 25.6 Å². The number of nitrogens with zero attached hydrogens (tertiary/aromatic N) is 2. The highest BCUT2D eigenvalue weighted by atomic mass is 32.5. The first-order valence-electron chi connectivity index (χ1n) is 6.33. The molecule has 1 unspecified atom stereocenters. The molecule has 1 heterocycles. The molecule has 1 aromatic rings. The van der Waals surface area contributed by atoms with Gasteiger partial charge in [-0.2, -0.15) is 4.98 Å². The molecule has 0 fully saturated rings. The number of carbonyl (C=O) groups excluding carboxylic acids is 1. The maximum absolute atomic E-state index is 10.8. The van der Waals surface area contributed by atoms with Crippen molar-refractivity contribution in [3.8, 4) is 5.88 Å². The van der Waals surface area contributed by atoms with Crippen molar-refractivity contribution in [3.05, 3.63) is 17.6 Å². The van der Waals surface area contributed by atoms with Crippen LogP contribution in [0.3, 0.4) is 0 Å². The van der Waals surface area contributed by atoms with Gasteiger partial charge in [0.2, 0.25) is 5.88 Å². The first kappa shape index (κ1) is 17.2. The van der Waals surface area contributed by atoms with E-state index < -0.39 is 12.6 Å². The number of aldehydes is 1. The summed E-state index contributed by atoms with van der Waals surface area (Å²) in [6, 6.07) is 1.64. The number of aromatic nitrogens is 2. The molecule has 0 aliphatic rings. The fraction of sp³-hybridized carbons (Fsp3) is 0.583. The molecule has 0 aromatic carbocycles. The largest absolute Gasteiger partial charge is 0.406 e. The summed E-state index contributed by atoms with van der Waals surface area (Å²) in [5.41, 5.74) is 0.688. The Morgan fingerprint density at radius 3 is 2.45 bits per heavy atom. The predicted octanol–water partition coefficient (Wildman–Crippen LogP) is 2.76. The van der Waals surface area contributed by atoms with Crippen molar-refractivity contribution >= 4 is 24.8 Å². The molecule has 0 saturated heterocycles. The van der Waals surface area contributed by atoms with Crippen molar-refractivity contribution in [2.45, 2.75) is 33.6 Å². The third-order valence-electron chi connectivity index (χ3n) is 2.24. The number of rotatable bonds is 8. The van der Waals surface area contributed by atoms with Crippen molar-refractivity contribution in [2.75, 3.05) is 13.2 Å². The molecule has 0 aliphatic heterocycles. The summed E-state index contributed by atoms with van der Waals surface area (Å²) in [7, 11) is 0. The van der Waals surface area contributed by atoms with Gasteiger partial charge in [-0.15, -0.1) is 0 Å². The molecular formula is C12H19N2O4PS. The van der Waals surface area contributed by atoms with E-state index in [2.05, 4.69) is 9.97 Å². The van der Waals surface area contributed by atoms with E-state index >= 15 is 0 Å². The van der Waals surface area contributed by atoms with Crippen LogP contribution in [0.2, 0.25) is 0 Å². The minimum Gasteiger partial charge on any atom is -0.406 e. The smallest absolute Gasteiger partial charge is 0.381 e. The zero-order valence-corrected chi connectivity index (χ0v) is 13.7. The van der Waals surface area contributed by atoms with Gasteiger partial charge in [0.15, 0.2) is 0 Å². The van der Waals surface area contributed by atoms with E-state index in [1.807, 2.05) is 13.8 Å². The van der Waals surface area contributed by atoms with Gasteiger partial charge in [0.25, 0.3) is 0 Å². The summed E-state index contributed by atoms with van der Waals surface area (Å²) in [5, 5.41) is 0. The predicted molar refractivity (Wildman–Crippen MR) is 79.4 cm³/mol. The van der Waals surface area contributed by atoms with Gasteiger partial charge in [-0.05, 0) is 27.7 Å². The molecule has 1 atom stereocenters. The Bertz CT molecular complexity index is 502. The van der Waals surface area contributed by atoms with Gasteiger partial charge < -0.3 is 9.32 Å². The molecule has 112 valence electrons. The second-order valence-corrected chi connectivity index (χ2v) is 6.94. The van der Waals surface area contributed by atoms with E-state index in [1.54, 1.807) is 19.9 Å². The van der Waals surface area contributed by atoms with Crippen LogP contribution in [0.25, 0.3) is 0 Å². The number of carbonyl (C=O) groups is 1. The van der Waals surface area contributed by atoms with Crippen LogP contribution in [0.4, 0.5) is 0 Å². The molecule has 0 amide bonds. The van der Waals surface area contributed by atoms with Crippen LogP contribution < -0.4 is 4.52 Å². The third kappa shape index (κ3) is 4.90. The molecule has 0 aliphatic carbocycles. The van der Waals surface area contributed by atoms with E-state index in [-0.39, 0.29) is 5.88 Å². The second kappa shape index (κ2) is 7.78. The molecule has 8 heteroatoms. The molecule has 0 radical (unpaired) electrons. The zero-order valence-electron chi connectivity index (χ0n) is 12.0. The first-order chi connectivity index (χ1) is 9.44. The summed E-state index contributed by atoms with van der Waals surface area (Å²) in [4.78, 5) is 19.2. The molecule has 1 aromatic heterocycles. The molecule has 0 N–H and O–H groups in total. The van der Waals surface area contributed by atoms with E-state index in [4.69, 9.17) is 25.4 Å². The highest BCUT2D eigenvalue weighted by Crippen LogP contribution is 2.49. The lowest BCUT2D eigenvalue weighted by atomic mass is 10.2. The number of hydrogen-bond donors (Lipinski definition) is 0. The van der Waals surface area contributed by atoms with E-state index in [1.165, 1.54) is 0 Å². The lowest BCUT2D eigenvalue weighted by molar-refractivity contribution is -0.108. The van der Waals surface area contributed by atoms with Crippen molar-refractivity contribution in [1.82, 2.24) is 9.97 Å². The van der Waals surface area contributed by atoms with Crippen LogP contribution in [0, 0.1) is 6.92 Å². The molecular weight excluding hydrogens is 299 g/mol. The quantitative estimate of drug-likeness (QED) is 0.539. The molecule has 20 heavy (non-hydrogen) atoms. The Labute approximate surface area is 124 Å². The van der Waals surface area contributed by atoms with Crippen LogP contribution >= 0.6 is 6.72 Å². The van der Waals surface area contributed by atoms with Crippen molar-refractivity contribution in [2.24, 2.45) is 0 Å². The average Bonchev–Trinajstić information content (AvgIpc) is 2.37. The Kier molecular flexibility index (Phi) is 6.68. The summed E-state index contributed by atoms with van der Waals surface area (Å²) >= 11 is 5.28. The van der Waals surface area contributed by atoms with Gasteiger partial charge in [-0.3, -0.25) is 9.05 Å². The molecule has 0 bridgehead atoms. The van der Waals surface area contributed by atoms with E-state index in [9.17, 15) is 4.79 Å². The van der Waals surface area contributed by atoms with Crippen LogP contribution in [-0.4, -0.2) is 29.5 Å². The normalized spacial score (nSPS) is 13.0. The maximum atomic E-state index is 10.8. The fourth-order valence-electron chi connectivity index (χ4n) is 1.39. The monoisotopic (exact) mass is 318 g/mol. The summed E-state index contributed by atoms with van der Waals surface area (Å²) in [6.07, 6.45) is 0.778. The Morgan fingerprint density at radius 2 is 1.95 bits per heavy atom. The molecule has 0 spiro atoms. The lowest BCUT2D eigenvalue weighted by Crippen LogP contribution is -2.07. The SMILES string of the molecule is CCOP(=S)(OCC)Oc1cc(C)nc(C(C)C=O)n1. The Balaban J connectivity index is 3.03. The van der Waals surface area contributed by atoms with Gasteiger partial charge >= 0.3 is 6.72 Å². The van der Waals surface area contributed by atoms with Gasteiger partial charge in [0, 0.05) is 23.6 Å². The topological polar surface area (TPSA) is 70.5 Å². The second-order valence-electron chi connectivity index (χ2n) is 4.00. The van der Waals surface area contributed by atoms with Crippen LogP contribution in [0.1, 0.15) is 38.2 Å². The zero-order chi connectivity index (χ0) is 15.2. The Morgan fingerprint density at radius 1 is 1.35 bits per heavy atom. The van der Waals surface area contributed by atoms with Crippen LogP contribution in [0.5, 0.6) is 5.88 Å². The van der Waals surface area contributed by atoms with Crippen LogP contribution in [0.15, 0.2) is 6.07 Å². The third-order valence-corrected chi connectivity index (χ3v) is 4.65. The van der Waals surface area contributed by atoms with Gasteiger partial charge in [-0.1, -0.05) is 0 Å². The first-order valence-corrected chi connectivity index (χ1v) is 8.89. The highest BCUT2D eigenvalue weighted by Gasteiger charge is 2.23. The minimum atomic E-state index is -2.86. The van der Waals surface area contributed by atoms with Crippen molar-refractivity contribution in [1.29, 1.82) is 0 Å². The molecule has 0 saturated carbocycles. The molecule has 1 rings (SSSR count). The van der Waals surface area contributed by atoms with Crippen molar-refractivity contribution < 1.29 is 18.4 Å². The summed E-state index contributed by atoms with van der Waals surface area (Å²) in [5.74, 6) is 0.255.